The lowest BCUT2D eigenvalue weighted by Crippen LogP contribution is -2.33. The maximum atomic E-state index is 12.0. The van der Waals surface area contributed by atoms with Gasteiger partial charge in [0.05, 0.1) is 4.90 Å². The molecule has 0 aliphatic carbocycles. The summed E-state index contributed by atoms with van der Waals surface area (Å²) < 4.78 is 38.3. The van der Waals surface area contributed by atoms with Gasteiger partial charge in [-0.05, 0) is 31.5 Å². The maximum Gasteiger partial charge on any atom is 0.240 e. The van der Waals surface area contributed by atoms with Crippen molar-refractivity contribution >= 4 is 36.8 Å². The summed E-state index contributed by atoms with van der Waals surface area (Å²) >= 11 is 3.24. The van der Waals surface area contributed by atoms with Crippen LogP contribution in [0.15, 0.2) is 33.6 Å². The van der Waals surface area contributed by atoms with Crippen molar-refractivity contribution in [1.82, 2.24) is 4.72 Å². The molecule has 0 aliphatic rings. The van der Waals surface area contributed by atoms with Gasteiger partial charge in [0.2, 0.25) is 10.0 Å². The standard InChI is InChI=1S/C11H16BrNO3S2/c1-9(6-7-17(2)14)13-18(15,16)11-5-3-4-10(12)8-11/h3-5,8-9,13H,6-7H2,1-2H3. The molecule has 0 saturated heterocycles. The smallest absolute Gasteiger partial charge is 0.240 e. The van der Waals surface area contributed by atoms with Crippen LogP contribution in [-0.2, 0) is 20.8 Å². The second-order valence-electron chi connectivity index (χ2n) is 4.05. The first kappa shape index (κ1) is 15.8. The van der Waals surface area contributed by atoms with E-state index in [2.05, 4.69) is 20.7 Å². The summed E-state index contributed by atoms with van der Waals surface area (Å²) in [5.41, 5.74) is 0. The lowest BCUT2D eigenvalue weighted by atomic mass is 10.3. The molecule has 0 heterocycles. The molecule has 4 nitrogen and oxygen atoms in total. The van der Waals surface area contributed by atoms with E-state index in [1.165, 1.54) is 6.07 Å². The highest BCUT2D eigenvalue weighted by Gasteiger charge is 2.17. The molecule has 1 rings (SSSR count). The first-order chi connectivity index (χ1) is 8.31. The average Bonchev–Trinajstić information content (AvgIpc) is 2.26. The third kappa shape index (κ3) is 5.17. The molecule has 0 amide bonds. The van der Waals surface area contributed by atoms with Gasteiger partial charge in [-0.3, -0.25) is 4.21 Å². The summed E-state index contributed by atoms with van der Waals surface area (Å²) in [7, 11) is -4.41. The highest BCUT2D eigenvalue weighted by atomic mass is 79.9. The zero-order valence-electron chi connectivity index (χ0n) is 10.2. The Labute approximate surface area is 119 Å². The largest absolute Gasteiger partial charge is 0.260 e. The first-order valence-electron chi connectivity index (χ1n) is 5.39. The number of benzene rings is 1. The Bertz CT molecular complexity index is 531. The minimum atomic E-state index is -3.51. The van der Waals surface area contributed by atoms with Crippen molar-refractivity contribution < 1.29 is 12.6 Å². The molecule has 2 atom stereocenters. The maximum absolute atomic E-state index is 12.0. The van der Waals surface area contributed by atoms with Crippen molar-refractivity contribution in [3.05, 3.63) is 28.7 Å². The highest BCUT2D eigenvalue weighted by Crippen LogP contribution is 2.16. The van der Waals surface area contributed by atoms with Crippen molar-refractivity contribution in [2.75, 3.05) is 12.0 Å². The Morgan fingerprint density at radius 1 is 1.44 bits per heavy atom. The van der Waals surface area contributed by atoms with E-state index in [0.29, 0.717) is 16.6 Å². The Balaban J connectivity index is 2.73. The van der Waals surface area contributed by atoms with E-state index in [9.17, 15) is 12.6 Å². The van der Waals surface area contributed by atoms with Crippen molar-refractivity contribution in [3.8, 4) is 0 Å². The average molecular weight is 354 g/mol. The van der Waals surface area contributed by atoms with Gasteiger partial charge < -0.3 is 0 Å². The van der Waals surface area contributed by atoms with Gasteiger partial charge >= 0.3 is 0 Å². The second kappa shape index (κ2) is 6.79. The fourth-order valence-corrected chi connectivity index (χ4v) is 3.93. The first-order valence-corrected chi connectivity index (χ1v) is 9.39. The lowest BCUT2D eigenvalue weighted by molar-refractivity contribution is 0.555. The Kier molecular flexibility index (Phi) is 5.97. The van der Waals surface area contributed by atoms with Crippen LogP contribution < -0.4 is 4.72 Å². The molecule has 0 spiro atoms. The molecule has 18 heavy (non-hydrogen) atoms. The van der Waals surface area contributed by atoms with Crippen molar-refractivity contribution in [3.63, 3.8) is 0 Å². The minimum Gasteiger partial charge on any atom is -0.260 e. The van der Waals surface area contributed by atoms with Crippen LogP contribution in [0, 0.1) is 0 Å². The number of sulfonamides is 1. The second-order valence-corrected chi connectivity index (χ2v) is 8.23. The molecular formula is C11H16BrNO3S2. The molecule has 0 saturated carbocycles. The number of halogens is 1. The van der Waals surface area contributed by atoms with Crippen LogP contribution >= 0.6 is 15.9 Å². The topological polar surface area (TPSA) is 63.2 Å². The lowest BCUT2D eigenvalue weighted by Gasteiger charge is -2.13. The molecule has 7 heteroatoms. The van der Waals surface area contributed by atoms with Gasteiger partial charge in [0.15, 0.2) is 0 Å². The Morgan fingerprint density at radius 2 is 2.11 bits per heavy atom. The molecule has 1 N–H and O–H groups in total. The third-order valence-corrected chi connectivity index (χ3v) is 5.19. The van der Waals surface area contributed by atoms with E-state index in [4.69, 9.17) is 0 Å². The van der Waals surface area contributed by atoms with Crippen LogP contribution in [-0.4, -0.2) is 30.7 Å². The van der Waals surface area contributed by atoms with Gasteiger partial charge in [-0.2, -0.15) is 0 Å². The van der Waals surface area contributed by atoms with Crippen LogP contribution in [0.2, 0.25) is 0 Å². The Morgan fingerprint density at radius 3 is 2.67 bits per heavy atom. The number of rotatable bonds is 6. The van der Waals surface area contributed by atoms with Crippen LogP contribution in [0.3, 0.4) is 0 Å². The molecule has 1 aromatic carbocycles. The molecule has 0 bridgehead atoms. The molecule has 2 unspecified atom stereocenters. The highest BCUT2D eigenvalue weighted by molar-refractivity contribution is 9.10. The summed E-state index contributed by atoms with van der Waals surface area (Å²) in [6.07, 6.45) is 2.16. The van der Waals surface area contributed by atoms with E-state index in [1.54, 1.807) is 31.4 Å². The van der Waals surface area contributed by atoms with Crippen molar-refractivity contribution in [1.29, 1.82) is 0 Å². The van der Waals surface area contributed by atoms with Crippen LogP contribution in [0.1, 0.15) is 13.3 Å². The van der Waals surface area contributed by atoms with E-state index >= 15 is 0 Å². The quantitative estimate of drug-likeness (QED) is 0.849. The van der Waals surface area contributed by atoms with Crippen LogP contribution in [0.5, 0.6) is 0 Å². The zero-order chi connectivity index (χ0) is 13.8. The number of hydrogen-bond acceptors (Lipinski definition) is 3. The molecule has 0 fully saturated rings. The molecule has 102 valence electrons. The van der Waals surface area contributed by atoms with Gasteiger partial charge in [0.1, 0.15) is 0 Å². The SMILES string of the molecule is CC(CCS(C)=O)NS(=O)(=O)c1cccc(Br)c1. The summed E-state index contributed by atoms with van der Waals surface area (Å²) in [6, 6.07) is 6.29. The molecular weight excluding hydrogens is 338 g/mol. The van der Waals surface area contributed by atoms with Crippen molar-refractivity contribution in [2.24, 2.45) is 0 Å². The summed E-state index contributed by atoms with van der Waals surface area (Å²) in [5, 5.41) is 0. The molecule has 0 radical (unpaired) electrons. The minimum absolute atomic E-state index is 0.223. The third-order valence-electron chi connectivity index (χ3n) is 2.30. The van der Waals surface area contributed by atoms with Gasteiger partial charge in [0, 0.05) is 33.3 Å². The van der Waals surface area contributed by atoms with Crippen LogP contribution in [0.4, 0.5) is 0 Å². The van der Waals surface area contributed by atoms with Gasteiger partial charge in [-0.25, -0.2) is 13.1 Å². The van der Waals surface area contributed by atoms with Gasteiger partial charge in [-0.1, -0.05) is 22.0 Å². The van der Waals surface area contributed by atoms with E-state index < -0.39 is 20.8 Å². The summed E-state index contributed by atoms with van der Waals surface area (Å²) in [6.45, 7) is 1.77. The fraction of sp³-hybridized carbons (Fsp3) is 0.455. The van der Waals surface area contributed by atoms with Gasteiger partial charge in [-0.15, -0.1) is 0 Å². The predicted octanol–water partition coefficient (Wildman–Crippen LogP) is 1.88. The van der Waals surface area contributed by atoms with Gasteiger partial charge in [0.25, 0.3) is 0 Å². The van der Waals surface area contributed by atoms with Crippen LogP contribution in [0.25, 0.3) is 0 Å². The Hall–Kier alpha value is -0.240. The van der Waals surface area contributed by atoms with E-state index in [1.807, 2.05) is 0 Å². The monoisotopic (exact) mass is 353 g/mol. The predicted molar refractivity (Wildman–Crippen MR) is 77.5 cm³/mol. The molecule has 0 aliphatic heterocycles. The molecule has 0 aromatic heterocycles. The summed E-state index contributed by atoms with van der Waals surface area (Å²) in [5.74, 6) is 0.488. The number of nitrogens with one attached hydrogen (secondary N) is 1. The number of hydrogen-bond donors (Lipinski definition) is 1. The zero-order valence-corrected chi connectivity index (χ0v) is 13.4. The van der Waals surface area contributed by atoms with E-state index in [0.717, 1.165) is 0 Å². The fourth-order valence-electron chi connectivity index (χ4n) is 1.37. The summed E-state index contributed by atoms with van der Waals surface area (Å²) in [4.78, 5) is 0.223. The van der Waals surface area contributed by atoms with Crippen molar-refractivity contribution in [2.45, 2.75) is 24.3 Å². The van der Waals surface area contributed by atoms with E-state index in [-0.39, 0.29) is 10.9 Å². The molecule has 1 aromatic rings. The normalized spacial score (nSPS) is 15.3.